The number of piperazine rings is 1. The quantitative estimate of drug-likeness (QED) is 0.803. The van der Waals surface area contributed by atoms with Gasteiger partial charge >= 0.3 is 0 Å². The van der Waals surface area contributed by atoms with Gasteiger partial charge in [-0.05, 0) is 19.4 Å². The molecule has 3 fully saturated rings. The van der Waals surface area contributed by atoms with E-state index in [-0.39, 0.29) is 30.9 Å². The lowest BCUT2D eigenvalue weighted by atomic mass is 10.1. The molecule has 0 radical (unpaired) electrons. The van der Waals surface area contributed by atoms with Gasteiger partial charge in [0.1, 0.15) is 0 Å². The Morgan fingerprint density at radius 2 is 2.10 bits per heavy atom. The van der Waals surface area contributed by atoms with E-state index in [0.717, 1.165) is 32.8 Å². The SMILES string of the molecule is Cl.Cl.O=C(CC1COCCN1)N1CCN2CCCC2C1. The van der Waals surface area contributed by atoms with Crippen LogP contribution < -0.4 is 5.32 Å². The predicted octanol–water partition coefficient (Wildman–Crippen LogP) is 0.515. The minimum absolute atomic E-state index is 0. The first-order valence-corrected chi connectivity index (χ1v) is 7.16. The van der Waals surface area contributed by atoms with Crippen molar-refractivity contribution < 1.29 is 9.53 Å². The summed E-state index contributed by atoms with van der Waals surface area (Å²) in [7, 11) is 0. The van der Waals surface area contributed by atoms with E-state index in [2.05, 4.69) is 15.1 Å². The molecule has 0 aromatic rings. The second-order valence-electron chi connectivity index (χ2n) is 5.60. The maximum Gasteiger partial charge on any atom is 0.224 e. The number of nitrogens with one attached hydrogen (secondary N) is 1. The molecule has 5 nitrogen and oxygen atoms in total. The Hall–Kier alpha value is -0.0700. The van der Waals surface area contributed by atoms with Crippen LogP contribution in [0.5, 0.6) is 0 Å². The predicted molar refractivity (Wildman–Crippen MR) is 82.9 cm³/mol. The molecule has 0 aliphatic carbocycles. The third-order valence-electron chi connectivity index (χ3n) is 4.36. The van der Waals surface area contributed by atoms with E-state index in [9.17, 15) is 4.79 Å². The van der Waals surface area contributed by atoms with Gasteiger partial charge in [0, 0.05) is 44.7 Å². The monoisotopic (exact) mass is 325 g/mol. The number of fused-ring (bicyclic) bond motifs is 1. The van der Waals surface area contributed by atoms with Gasteiger partial charge < -0.3 is 15.0 Å². The van der Waals surface area contributed by atoms with Crippen LogP contribution >= 0.6 is 24.8 Å². The van der Waals surface area contributed by atoms with Crippen LogP contribution in [0.15, 0.2) is 0 Å². The molecule has 0 spiro atoms. The third kappa shape index (κ3) is 4.21. The smallest absolute Gasteiger partial charge is 0.224 e. The maximum atomic E-state index is 12.3. The van der Waals surface area contributed by atoms with E-state index in [0.29, 0.717) is 25.0 Å². The summed E-state index contributed by atoms with van der Waals surface area (Å²) in [6.45, 7) is 6.44. The molecule has 0 bridgehead atoms. The summed E-state index contributed by atoms with van der Waals surface area (Å²) in [6.07, 6.45) is 3.14. The van der Waals surface area contributed by atoms with Gasteiger partial charge in [0.15, 0.2) is 0 Å². The maximum absolute atomic E-state index is 12.3. The lowest BCUT2D eigenvalue weighted by Crippen LogP contribution is -2.53. The molecule has 0 saturated carbocycles. The molecule has 0 aromatic carbocycles. The van der Waals surface area contributed by atoms with E-state index < -0.39 is 0 Å². The number of hydrogen-bond acceptors (Lipinski definition) is 4. The van der Waals surface area contributed by atoms with Gasteiger partial charge in [0.05, 0.1) is 13.2 Å². The molecule has 3 aliphatic heterocycles. The minimum atomic E-state index is 0. The van der Waals surface area contributed by atoms with Gasteiger partial charge in [-0.2, -0.15) is 0 Å². The topological polar surface area (TPSA) is 44.8 Å². The zero-order chi connectivity index (χ0) is 12.4. The first kappa shape index (κ1) is 18.0. The largest absolute Gasteiger partial charge is 0.378 e. The molecule has 3 rings (SSSR count). The van der Waals surface area contributed by atoms with Gasteiger partial charge in [0.2, 0.25) is 5.91 Å². The van der Waals surface area contributed by atoms with Crippen molar-refractivity contribution in [1.82, 2.24) is 15.1 Å². The van der Waals surface area contributed by atoms with Crippen LogP contribution in [0.4, 0.5) is 0 Å². The number of amides is 1. The fourth-order valence-electron chi connectivity index (χ4n) is 3.31. The van der Waals surface area contributed by atoms with Crippen LogP contribution in [0.1, 0.15) is 19.3 Å². The van der Waals surface area contributed by atoms with Crippen LogP contribution in [-0.2, 0) is 9.53 Å². The molecule has 2 atom stereocenters. The van der Waals surface area contributed by atoms with Crippen molar-refractivity contribution in [2.75, 3.05) is 45.9 Å². The minimum Gasteiger partial charge on any atom is -0.378 e. The Labute approximate surface area is 133 Å². The molecule has 3 saturated heterocycles. The number of nitrogens with zero attached hydrogens (tertiary/aromatic N) is 2. The van der Waals surface area contributed by atoms with Crippen molar-refractivity contribution in [2.45, 2.75) is 31.3 Å². The van der Waals surface area contributed by atoms with Gasteiger partial charge in [-0.15, -0.1) is 24.8 Å². The number of halogens is 2. The molecule has 0 aromatic heterocycles. The molecule has 2 unspecified atom stereocenters. The van der Waals surface area contributed by atoms with Crippen molar-refractivity contribution in [3.05, 3.63) is 0 Å². The Kier molecular flexibility index (Phi) is 7.54. The summed E-state index contributed by atoms with van der Waals surface area (Å²) in [5, 5.41) is 3.35. The van der Waals surface area contributed by atoms with Crippen molar-refractivity contribution in [3.63, 3.8) is 0 Å². The van der Waals surface area contributed by atoms with Crippen molar-refractivity contribution in [1.29, 1.82) is 0 Å². The number of carbonyl (C=O) groups excluding carboxylic acids is 1. The zero-order valence-electron chi connectivity index (χ0n) is 11.8. The molecule has 1 N–H and O–H groups in total. The number of carbonyl (C=O) groups is 1. The van der Waals surface area contributed by atoms with E-state index in [1.54, 1.807) is 0 Å². The molecule has 3 aliphatic rings. The Morgan fingerprint density at radius 3 is 2.85 bits per heavy atom. The summed E-state index contributed by atoms with van der Waals surface area (Å²) in [5.74, 6) is 0.296. The lowest BCUT2D eigenvalue weighted by Gasteiger charge is -2.38. The normalized spacial score (nSPS) is 30.1. The van der Waals surface area contributed by atoms with Crippen LogP contribution in [0.25, 0.3) is 0 Å². The molecular formula is C13H25Cl2N3O2. The van der Waals surface area contributed by atoms with Crippen molar-refractivity contribution in [2.24, 2.45) is 0 Å². The highest BCUT2D eigenvalue weighted by Gasteiger charge is 2.33. The summed E-state index contributed by atoms with van der Waals surface area (Å²) in [5.41, 5.74) is 0. The van der Waals surface area contributed by atoms with Crippen LogP contribution in [-0.4, -0.2) is 73.7 Å². The van der Waals surface area contributed by atoms with Crippen LogP contribution in [0.2, 0.25) is 0 Å². The van der Waals surface area contributed by atoms with E-state index in [1.807, 2.05) is 0 Å². The second kappa shape index (κ2) is 8.39. The fourth-order valence-corrected chi connectivity index (χ4v) is 3.31. The van der Waals surface area contributed by atoms with Crippen molar-refractivity contribution in [3.8, 4) is 0 Å². The number of hydrogen-bond donors (Lipinski definition) is 1. The summed E-state index contributed by atoms with van der Waals surface area (Å²) >= 11 is 0. The highest BCUT2D eigenvalue weighted by atomic mass is 35.5. The first-order valence-electron chi connectivity index (χ1n) is 7.16. The molecule has 118 valence electrons. The third-order valence-corrected chi connectivity index (χ3v) is 4.36. The lowest BCUT2D eigenvalue weighted by molar-refractivity contribution is -0.135. The fraction of sp³-hybridized carbons (Fsp3) is 0.923. The number of ether oxygens (including phenoxy) is 1. The van der Waals surface area contributed by atoms with Crippen LogP contribution in [0.3, 0.4) is 0 Å². The summed E-state index contributed by atoms with van der Waals surface area (Å²) in [6, 6.07) is 0.839. The molecule has 1 amide bonds. The van der Waals surface area contributed by atoms with E-state index in [1.165, 1.54) is 19.4 Å². The average Bonchev–Trinajstić information content (AvgIpc) is 2.87. The molecule has 7 heteroatoms. The Morgan fingerprint density at radius 1 is 1.25 bits per heavy atom. The number of morpholine rings is 1. The van der Waals surface area contributed by atoms with Gasteiger partial charge in [-0.25, -0.2) is 0 Å². The molecule has 20 heavy (non-hydrogen) atoms. The average molecular weight is 326 g/mol. The Balaban J connectivity index is 0.000001000. The highest BCUT2D eigenvalue weighted by Crippen LogP contribution is 2.22. The van der Waals surface area contributed by atoms with Gasteiger partial charge in [-0.3, -0.25) is 9.69 Å². The van der Waals surface area contributed by atoms with Gasteiger partial charge in [-0.1, -0.05) is 0 Å². The summed E-state index contributed by atoms with van der Waals surface area (Å²) in [4.78, 5) is 16.9. The van der Waals surface area contributed by atoms with Crippen molar-refractivity contribution >= 4 is 30.7 Å². The first-order chi connectivity index (χ1) is 8.83. The van der Waals surface area contributed by atoms with E-state index >= 15 is 0 Å². The number of rotatable bonds is 2. The standard InChI is InChI=1S/C13H23N3O2.2ClH/c17-13(8-11-10-18-7-3-14-11)16-6-5-15-4-1-2-12(15)9-16;;/h11-12,14H,1-10H2;2*1H. The zero-order valence-corrected chi connectivity index (χ0v) is 13.4. The summed E-state index contributed by atoms with van der Waals surface area (Å²) < 4.78 is 5.40. The second-order valence-corrected chi connectivity index (χ2v) is 5.60. The highest BCUT2D eigenvalue weighted by molar-refractivity contribution is 5.85. The molecule has 3 heterocycles. The van der Waals surface area contributed by atoms with Gasteiger partial charge in [0.25, 0.3) is 0 Å². The van der Waals surface area contributed by atoms with Crippen LogP contribution in [0, 0.1) is 0 Å². The van der Waals surface area contributed by atoms with E-state index in [4.69, 9.17) is 4.74 Å². The molecular weight excluding hydrogens is 301 g/mol. The Bertz CT molecular complexity index is 314.